The smallest absolute Gasteiger partial charge is 0.254 e. The van der Waals surface area contributed by atoms with Crippen LogP contribution in [0.2, 0.25) is 0 Å². The van der Waals surface area contributed by atoms with Crippen molar-refractivity contribution < 1.29 is 33.4 Å². The molecule has 402 valence electrons. The second-order valence-corrected chi connectivity index (χ2v) is 22.7. The quantitative estimate of drug-likeness (QED) is 0.0492. The van der Waals surface area contributed by atoms with Gasteiger partial charge >= 0.3 is 0 Å². The van der Waals surface area contributed by atoms with Gasteiger partial charge in [0.25, 0.3) is 5.91 Å². The molecule has 0 saturated carbocycles. The summed E-state index contributed by atoms with van der Waals surface area (Å²) >= 11 is 1.60. The lowest BCUT2D eigenvalue weighted by Crippen LogP contribution is -2.57. The van der Waals surface area contributed by atoms with Crippen LogP contribution in [-0.4, -0.2) is 123 Å². The SMILES string of the molecule is Cc1ncsc1-c1ccc(C(C)NC(=O)C2CCCN2C(=O)C(NC(=O)CCCCOCC2(O)CCN(c3ccc(Nc4ccc(-c5cnc6cc(F)ccn56)c5c4C(=O)NC5)nc3CN(C)C)CC2)C(C)(C)C)cc1. The number of imidazole rings is 1. The van der Waals surface area contributed by atoms with Gasteiger partial charge in [-0.15, -0.1) is 11.3 Å². The lowest BCUT2D eigenvalue weighted by molar-refractivity contribution is -0.144. The van der Waals surface area contributed by atoms with Crippen molar-refractivity contribution in [3.8, 4) is 21.7 Å². The molecule has 0 aliphatic carbocycles. The molecule has 6 aromatic rings. The van der Waals surface area contributed by atoms with Gasteiger partial charge in [0.2, 0.25) is 17.7 Å². The number of halogens is 1. The van der Waals surface area contributed by atoms with Crippen molar-refractivity contribution in [2.24, 2.45) is 5.41 Å². The number of hydrogen-bond acceptors (Lipinski definition) is 13. The van der Waals surface area contributed by atoms with Gasteiger partial charge in [-0.2, -0.15) is 0 Å². The van der Waals surface area contributed by atoms with E-state index in [2.05, 4.69) is 41.0 Å². The summed E-state index contributed by atoms with van der Waals surface area (Å²) in [4.78, 5) is 75.3. The molecule has 2 fully saturated rings. The van der Waals surface area contributed by atoms with Gasteiger partial charge in [-0.05, 0) is 113 Å². The number of hydrogen-bond donors (Lipinski definition) is 5. The van der Waals surface area contributed by atoms with E-state index in [1.54, 1.807) is 28.6 Å². The zero-order chi connectivity index (χ0) is 53.9. The minimum Gasteiger partial charge on any atom is -0.387 e. The fourth-order valence-electron chi connectivity index (χ4n) is 10.6. The molecule has 2 saturated heterocycles. The van der Waals surface area contributed by atoms with Crippen LogP contribution in [0.25, 0.3) is 27.3 Å². The molecule has 4 aromatic heterocycles. The number of thiazole rings is 1. The van der Waals surface area contributed by atoms with Crippen molar-refractivity contribution >= 4 is 57.8 Å². The number of pyridine rings is 2. The van der Waals surface area contributed by atoms with Crippen LogP contribution in [0.15, 0.2) is 78.6 Å². The van der Waals surface area contributed by atoms with Crippen molar-refractivity contribution in [1.29, 1.82) is 0 Å². The molecule has 17 nitrogen and oxygen atoms in total. The molecule has 5 N–H and O–H groups in total. The number of aryl methyl sites for hydroxylation is 1. The van der Waals surface area contributed by atoms with Crippen molar-refractivity contribution in [2.45, 2.75) is 116 Å². The predicted octanol–water partition coefficient (Wildman–Crippen LogP) is 7.93. The molecule has 9 rings (SSSR count). The van der Waals surface area contributed by atoms with Gasteiger partial charge in [-0.25, -0.2) is 19.3 Å². The van der Waals surface area contributed by atoms with E-state index in [-0.39, 0.29) is 48.5 Å². The van der Waals surface area contributed by atoms with Crippen LogP contribution in [0.5, 0.6) is 0 Å². The number of aromatic nitrogens is 4. The second kappa shape index (κ2) is 22.8. The van der Waals surface area contributed by atoms with Crippen LogP contribution in [0, 0.1) is 18.2 Å². The van der Waals surface area contributed by atoms with Gasteiger partial charge in [0.15, 0.2) is 0 Å². The van der Waals surface area contributed by atoms with E-state index in [0.717, 1.165) is 49.9 Å². The number of anilines is 3. The van der Waals surface area contributed by atoms with Crippen molar-refractivity contribution in [2.75, 3.05) is 57.2 Å². The Balaban J connectivity index is 0.731. The number of amides is 4. The summed E-state index contributed by atoms with van der Waals surface area (Å²) in [6.45, 7) is 12.8. The van der Waals surface area contributed by atoms with E-state index in [1.165, 1.54) is 12.1 Å². The molecule has 19 heteroatoms. The first-order valence-corrected chi connectivity index (χ1v) is 27.2. The summed E-state index contributed by atoms with van der Waals surface area (Å²) in [6.07, 6.45) is 6.92. The Labute approximate surface area is 447 Å². The van der Waals surface area contributed by atoms with Gasteiger partial charge in [-0.1, -0.05) is 51.1 Å². The number of aliphatic hydroxyl groups is 1. The summed E-state index contributed by atoms with van der Waals surface area (Å²) in [5.41, 5.74) is 9.11. The second-order valence-electron chi connectivity index (χ2n) is 21.8. The summed E-state index contributed by atoms with van der Waals surface area (Å²) in [7, 11) is 3.97. The maximum absolute atomic E-state index is 14.2. The first-order chi connectivity index (χ1) is 36.4. The number of piperidine rings is 1. The van der Waals surface area contributed by atoms with E-state index in [1.807, 2.05) is 107 Å². The van der Waals surface area contributed by atoms with Crippen LogP contribution < -0.4 is 26.2 Å². The Kier molecular flexibility index (Phi) is 16.2. The van der Waals surface area contributed by atoms with Crippen LogP contribution in [0.1, 0.15) is 112 Å². The average Bonchev–Trinajstić information content (AvgIpc) is 4.22. The predicted molar refractivity (Wildman–Crippen MR) is 293 cm³/mol. The third-order valence-corrected chi connectivity index (χ3v) is 15.8. The Bertz CT molecular complexity index is 3090. The standard InChI is InChI=1S/C57H70FN11O6S/c1-35(37-13-15-38(16-14-37)51-36(2)61-34-76-51)62-53(71)45-11-10-24-69(45)55(73)52(56(3,4)5)65-49(70)12-8-9-28-75-33-57(74)22-26-67(27-23-57)44-19-20-47(64-43(44)32-66(6)7)63-42-18-17-40(41-30-60-54(72)50(41)42)46-31-59-48-29-39(58)21-25-68(46)48/h13-21,25,29,31,34-35,45,52,74H,8-12,22-24,26-28,30,32-33H2,1-7H3,(H,60,72)(H,62,71)(H,63,64)(H,65,70). The molecule has 0 bridgehead atoms. The summed E-state index contributed by atoms with van der Waals surface area (Å²) in [5, 5.41) is 24.1. The van der Waals surface area contributed by atoms with E-state index >= 15 is 0 Å². The largest absolute Gasteiger partial charge is 0.387 e. The summed E-state index contributed by atoms with van der Waals surface area (Å²) in [6, 6.07) is 16.9. The highest BCUT2D eigenvalue weighted by molar-refractivity contribution is 7.13. The Hall–Kier alpha value is -6.80. The number of unbranched alkanes of at least 4 members (excludes halogenated alkanes) is 1. The third-order valence-electron chi connectivity index (χ3n) is 14.8. The van der Waals surface area contributed by atoms with Gasteiger partial charge in [0, 0.05) is 63.6 Å². The summed E-state index contributed by atoms with van der Waals surface area (Å²) < 4.78 is 21.8. The Morgan fingerprint density at radius 1 is 1.01 bits per heavy atom. The van der Waals surface area contributed by atoms with Crippen LogP contribution in [0.4, 0.5) is 21.6 Å². The van der Waals surface area contributed by atoms with Crippen molar-refractivity contribution in [3.05, 3.63) is 112 Å². The molecular formula is C57H70FN11O6S. The number of nitrogens with one attached hydrogen (secondary N) is 4. The third kappa shape index (κ3) is 12.1. The molecule has 3 atom stereocenters. The van der Waals surface area contributed by atoms with Crippen molar-refractivity contribution in [1.82, 2.24) is 45.1 Å². The minimum absolute atomic E-state index is 0.175. The van der Waals surface area contributed by atoms with E-state index in [0.29, 0.717) is 101 Å². The molecule has 3 aliphatic rings. The highest BCUT2D eigenvalue weighted by Gasteiger charge is 2.42. The molecule has 3 aliphatic heterocycles. The number of benzene rings is 2. The number of nitrogens with zero attached hydrogens (tertiary/aromatic N) is 7. The molecule has 4 amide bonds. The number of likely N-dealkylation sites (tertiary alicyclic amines) is 1. The maximum Gasteiger partial charge on any atom is 0.254 e. The fraction of sp³-hybridized carbons (Fsp3) is 0.456. The monoisotopic (exact) mass is 1060 g/mol. The van der Waals surface area contributed by atoms with Crippen LogP contribution >= 0.6 is 11.3 Å². The Morgan fingerprint density at radius 2 is 1.79 bits per heavy atom. The molecule has 7 heterocycles. The number of ether oxygens (including phenoxy) is 1. The first kappa shape index (κ1) is 54.0. The molecule has 76 heavy (non-hydrogen) atoms. The minimum atomic E-state index is -1.01. The number of fused-ring (bicyclic) bond motifs is 2. The van der Waals surface area contributed by atoms with Gasteiger partial charge in [0.05, 0.1) is 68.9 Å². The zero-order valence-corrected chi connectivity index (χ0v) is 45.4. The van der Waals surface area contributed by atoms with Crippen LogP contribution in [0.3, 0.4) is 0 Å². The molecule has 3 unspecified atom stereocenters. The number of carbonyl (C=O) groups is 4. The molecule has 0 radical (unpaired) electrons. The highest BCUT2D eigenvalue weighted by Crippen LogP contribution is 2.37. The molecular weight excluding hydrogens is 986 g/mol. The average molecular weight is 1060 g/mol. The molecule has 0 spiro atoms. The summed E-state index contributed by atoms with van der Waals surface area (Å²) in [5.74, 6) is -0.667. The fourth-order valence-corrected chi connectivity index (χ4v) is 11.4. The van der Waals surface area contributed by atoms with E-state index in [9.17, 15) is 28.7 Å². The van der Waals surface area contributed by atoms with E-state index in [4.69, 9.17) is 9.72 Å². The van der Waals surface area contributed by atoms with Gasteiger partial charge < -0.3 is 45.8 Å². The Morgan fingerprint density at radius 3 is 2.51 bits per heavy atom. The lowest BCUT2D eigenvalue weighted by atomic mass is 9.85. The first-order valence-electron chi connectivity index (χ1n) is 26.3. The highest BCUT2D eigenvalue weighted by atomic mass is 32.1. The maximum atomic E-state index is 14.2. The topological polar surface area (TPSA) is 199 Å². The van der Waals surface area contributed by atoms with Crippen molar-refractivity contribution in [3.63, 3.8) is 0 Å². The number of rotatable bonds is 19. The van der Waals surface area contributed by atoms with E-state index < -0.39 is 23.1 Å². The number of carbonyl (C=O) groups excluding carboxylic acids is 4. The van der Waals surface area contributed by atoms with Gasteiger partial charge in [0.1, 0.15) is 29.4 Å². The molecule has 2 aromatic carbocycles. The normalized spacial score (nSPS) is 17.2. The zero-order valence-electron chi connectivity index (χ0n) is 44.5. The lowest BCUT2D eigenvalue weighted by Gasteiger charge is -2.39. The van der Waals surface area contributed by atoms with Crippen LogP contribution in [-0.2, 0) is 32.2 Å². The van der Waals surface area contributed by atoms with Gasteiger partial charge in [-0.3, -0.25) is 23.6 Å².